The first-order valence-corrected chi connectivity index (χ1v) is 46.4. The van der Waals surface area contributed by atoms with Crippen molar-refractivity contribution in [3.63, 3.8) is 0 Å². The lowest BCUT2D eigenvalue weighted by molar-refractivity contribution is -0.304. The number of rotatable bonds is 28. The Morgan fingerprint density at radius 3 is 0.941 bits per heavy atom. The van der Waals surface area contributed by atoms with E-state index in [2.05, 4.69) is 15.9 Å². The topological polar surface area (TPSA) is 304 Å². The lowest BCUT2D eigenvalue weighted by Crippen LogP contribution is -2.46. The van der Waals surface area contributed by atoms with Crippen molar-refractivity contribution in [2.75, 3.05) is 87.9 Å². The van der Waals surface area contributed by atoms with E-state index in [1.807, 2.05) is 26.8 Å². The number of halogens is 10. The lowest BCUT2D eigenvalue weighted by Gasteiger charge is -2.39. The van der Waals surface area contributed by atoms with Crippen LogP contribution in [0, 0.1) is 40.6 Å². The second-order valence-electron chi connectivity index (χ2n) is 34.0. The van der Waals surface area contributed by atoms with E-state index in [1.165, 1.54) is 67.4 Å². The summed E-state index contributed by atoms with van der Waals surface area (Å²) in [5.74, 6) is -5.68. The predicted octanol–water partition coefficient (Wildman–Crippen LogP) is 19.6. The number of hydrogen-bond acceptors (Lipinski definition) is 19. The molecule has 6 N–H and O–H groups in total. The zero-order valence-electron chi connectivity index (χ0n) is 74.2. The SMILES string of the molecule is C.C.C.CC(CO)(CO)CO.CC[C@@](O)(c1cc(F)c2c(c1)C(=O)N(Cc1ccc(Cl)cc1Br)C2(OC)c1ccc(Cl)cc1)C1CCOCC1.CC[C@@](O)(c1cc(F)c2c(c1)C(=O)N(Cc1ccc(Cl)cc1CC(=O)OC)[C@@]2(OC)c1ccc(Cl)cc1)C1CCOCC1.CC[C@@](O)(c1cc(F)c2c(c1)C(=O)N(Cc1ccc(Cl)cc1CC(=O)[O-])[C@@]2(OC)c1ccc(Cl)cc1)C1CCOCC1. The summed E-state index contributed by atoms with van der Waals surface area (Å²) in [5, 5.41) is 75.2. The van der Waals surface area contributed by atoms with Gasteiger partial charge in [0.05, 0.1) is 90.1 Å². The fourth-order valence-corrected chi connectivity index (χ4v) is 20.7. The van der Waals surface area contributed by atoms with Gasteiger partial charge < -0.3 is 73.7 Å². The molecule has 6 aliphatic heterocycles. The number of hydrogen-bond donors (Lipinski definition) is 6. The number of carbonyl (C=O) groups is 5. The lowest BCUT2D eigenvalue weighted by atomic mass is 9.74. The van der Waals surface area contributed by atoms with Crippen molar-refractivity contribution in [3.8, 4) is 0 Å². The molecule has 3 amide bonds. The van der Waals surface area contributed by atoms with E-state index in [1.54, 1.807) is 140 Å². The molecule has 3 saturated heterocycles. The Labute approximate surface area is 825 Å². The molecule has 9 aromatic rings. The largest absolute Gasteiger partial charge is 0.550 e. The molecule has 0 saturated carbocycles. The van der Waals surface area contributed by atoms with Crippen LogP contribution in [0.5, 0.6) is 0 Å². The molecule has 6 heterocycles. The van der Waals surface area contributed by atoms with Gasteiger partial charge in [0, 0.05) is 143 Å². The highest BCUT2D eigenvalue weighted by atomic mass is 79.9. The van der Waals surface area contributed by atoms with Gasteiger partial charge in [-0.05, 0) is 229 Å². The van der Waals surface area contributed by atoms with Crippen LogP contribution in [0.2, 0.25) is 30.1 Å². The van der Waals surface area contributed by atoms with Crippen LogP contribution in [0.3, 0.4) is 0 Å². The Balaban J connectivity index is 0.000000216. The summed E-state index contributed by atoms with van der Waals surface area (Å²) in [6.07, 6.45) is 4.28. The molecule has 1 unspecified atom stereocenters. The first kappa shape index (κ1) is 110. The fraction of sp³-hybridized carbons (Fsp3) is 0.427. The molecule has 3 fully saturated rings. The number of carbonyl (C=O) groups excluding carboxylic acids is 5. The van der Waals surface area contributed by atoms with Gasteiger partial charge in [0.15, 0.2) is 17.2 Å². The molecule has 6 atom stereocenters. The first-order valence-electron chi connectivity index (χ1n) is 43.4. The predicted molar refractivity (Wildman–Crippen MR) is 516 cm³/mol. The van der Waals surface area contributed by atoms with Crippen molar-refractivity contribution in [2.24, 2.45) is 23.2 Å². The number of carboxylic acids is 1. The van der Waals surface area contributed by atoms with Crippen molar-refractivity contribution in [1.82, 2.24) is 14.7 Å². The number of amides is 3. The van der Waals surface area contributed by atoms with E-state index in [0.717, 1.165) is 5.56 Å². The van der Waals surface area contributed by atoms with Crippen molar-refractivity contribution >= 4 is 115 Å². The number of esters is 1. The Hall–Kier alpha value is -8.14. The smallest absolute Gasteiger partial charge is 0.309 e. The van der Waals surface area contributed by atoms with Gasteiger partial charge in [0.2, 0.25) is 0 Å². The van der Waals surface area contributed by atoms with Crippen LogP contribution in [0.4, 0.5) is 13.2 Å². The summed E-state index contributed by atoms with van der Waals surface area (Å²) >= 11 is 40.7. The van der Waals surface area contributed by atoms with Crippen LogP contribution in [0.25, 0.3) is 0 Å². The monoisotopic (exact) mass is 2050 g/mol. The van der Waals surface area contributed by atoms with E-state index in [0.29, 0.717) is 188 Å². The molecule has 135 heavy (non-hydrogen) atoms. The average Bonchev–Trinajstić information content (AvgIpc) is 1.56. The van der Waals surface area contributed by atoms with Crippen molar-refractivity contribution in [1.29, 1.82) is 0 Å². The van der Waals surface area contributed by atoms with Crippen LogP contribution in [0.1, 0.15) is 217 Å². The van der Waals surface area contributed by atoms with Crippen molar-refractivity contribution in [2.45, 2.75) is 174 Å². The number of aliphatic hydroxyl groups excluding tert-OH is 3. The zero-order chi connectivity index (χ0) is 95.7. The highest BCUT2D eigenvalue weighted by molar-refractivity contribution is 9.10. The molecule has 0 radical (unpaired) electrons. The molecule has 9 aromatic carbocycles. The van der Waals surface area contributed by atoms with Gasteiger partial charge in [-0.1, -0.05) is 190 Å². The molecule has 6 aliphatic rings. The molecular weight excluding hydrogens is 1930 g/mol. The van der Waals surface area contributed by atoms with Crippen molar-refractivity contribution in [3.05, 3.63) is 310 Å². The average molecular weight is 2050 g/mol. The third-order valence-corrected chi connectivity index (χ3v) is 28.8. The minimum absolute atomic E-state index is 0. The highest BCUT2D eigenvalue weighted by Gasteiger charge is 2.59. The van der Waals surface area contributed by atoms with Gasteiger partial charge >= 0.3 is 5.97 Å². The third-order valence-electron chi connectivity index (χ3n) is 26.6. The maximum Gasteiger partial charge on any atom is 0.309 e. The van der Waals surface area contributed by atoms with Gasteiger partial charge in [0.25, 0.3) is 17.7 Å². The van der Waals surface area contributed by atoms with Gasteiger partial charge in [-0.15, -0.1) is 0 Å². The van der Waals surface area contributed by atoms with Crippen LogP contribution < -0.4 is 5.11 Å². The number of carboxylic acid groups (broad SMARTS) is 1. The normalized spacial score (nSPS) is 19.6. The number of aliphatic carboxylic acids is 1. The van der Waals surface area contributed by atoms with Gasteiger partial charge in [-0.2, -0.15) is 0 Å². The summed E-state index contributed by atoms with van der Waals surface area (Å²) in [6.45, 7) is 9.62. The van der Waals surface area contributed by atoms with Gasteiger partial charge in [0.1, 0.15) is 17.5 Å². The Morgan fingerprint density at radius 2 is 0.689 bits per heavy atom. The van der Waals surface area contributed by atoms with E-state index >= 15 is 13.2 Å². The fourth-order valence-electron chi connectivity index (χ4n) is 19.1. The second-order valence-corrected chi connectivity index (χ2v) is 37.5. The molecule has 0 aliphatic carbocycles. The number of fused-ring (bicyclic) bond motifs is 3. The molecule has 15 rings (SSSR count). The molecule has 0 aromatic heterocycles. The van der Waals surface area contributed by atoms with Crippen LogP contribution in [-0.4, -0.2) is 163 Å². The second kappa shape index (κ2) is 46.8. The number of benzene rings is 9. The molecule has 730 valence electrons. The van der Waals surface area contributed by atoms with Crippen molar-refractivity contribution < 1.29 is 106 Å². The summed E-state index contributed by atoms with van der Waals surface area (Å²) in [4.78, 5) is 71.0. The third kappa shape index (κ3) is 22.1. The summed E-state index contributed by atoms with van der Waals surface area (Å²) in [7, 11) is 5.55. The Morgan fingerprint density at radius 1 is 0.422 bits per heavy atom. The number of methoxy groups -OCH3 is 4. The van der Waals surface area contributed by atoms with Crippen LogP contribution >= 0.6 is 85.5 Å². The molecule has 0 bridgehead atoms. The first-order chi connectivity index (χ1) is 63.0. The minimum atomic E-state index is -1.72. The quantitative estimate of drug-likeness (QED) is 0.0248. The Bertz CT molecular complexity index is 5670. The van der Waals surface area contributed by atoms with Gasteiger partial charge in [-0.25, -0.2) is 13.2 Å². The number of ether oxygens (including phenoxy) is 7. The van der Waals surface area contributed by atoms with Gasteiger partial charge in [-0.3, -0.25) is 33.9 Å². The van der Waals surface area contributed by atoms with E-state index in [9.17, 15) is 44.4 Å². The maximum atomic E-state index is 16.6. The molecule has 0 spiro atoms. The zero-order valence-corrected chi connectivity index (χ0v) is 80.3. The molecule has 22 nitrogen and oxygen atoms in total. The standard InChI is InChI=1S/C33H34Cl2FNO6.C32H32Cl2FNO6.C30H29BrCl2FNO4.C5H12O3.3CH4/c1-4-32(40,22-11-13-43-14-12-22)24-17-27-30(28(36)18-24)33(42-3,23-6-9-25(34)10-7-23)37(31(27)39)19-20-5-8-26(35)15-21(20)16-29(38)41-2;1-3-31(40,21-10-12-42-13-11-21)23-16-26-29(27(35)17-23)32(41-2,22-5-8-24(33)9-6-22)36(30(26)39)18-19-4-7-25(34)14-20(19)15-28(37)38;1-3-29(37,19-10-12-39-13-11-19)21-14-24-27(26(34)15-21)30(38-2,20-5-8-22(32)9-6-20)35(28(24)36)17-18-4-7-23(33)16-25(18)31;1-5(2-6,3-7)4-8;;;/h5-10,15,17-18,22,40H,4,11-14,16,19H2,1-3H3;4-9,14,16-17,21,40H,3,10-13,15,18H2,1-2H3,(H,37,38);4-9,14-16,19,37H,3,10-13,17H2,1-2H3;6-8H,2-4H2,1H3;3*1H4/p-1/t32-,33+;31-,32+;29-,30?;;;;/m000..../s1. The van der Waals surface area contributed by atoms with Crippen LogP contribution in [-0.2, 0) is 109 Å². The Kier molecular flexibility index (Phi) is 38.3. The van der Waals surface area contributed by atoms with E-state index < -0.39 is 92.9 Å². The van der Waals surface area contributed by atoms with E-state index in [4.69, 9.17) is 118 Å². The summed E-state index contributed by atoms with van der Waals surface area (Å²) < 4.78 is 89.9. The summed E-state index contributed by atoms with van der Waals surface area (Å²) in [5.41, 5.74) is -3.96. The highest BCUT2D eigenvalue weighted by Crippen LogP contribution is 2.55. The minimum Gasteiger partial charge on any atom is -0.550 e. The number of nitrogens with zero attached hydrogens (tertiary/aromatic N) is 3. The van der Waals surface area contributed by atoms with Crippen LogP contribution in [0.15, 0.2) is 168 Å². The molecular formula is C103H118BrCl6F3N3O19-. The van der Waals surface area contributed by atoms with E-state index in [-0.39, 0.29) is 119 Å². The number of aliphatic hydroxyl groups is 6. The summed E-state index contributed by atoms with van der Waals surface area (Å²) in [6, 6.07) is 43.9. The maximum absolute atomic E-state index is 16.6. The molecule has 32 heteroatoms.